The first-order valence-corrected chi connectivity index (χ1v) is 5.23. The SMILES string of the molecule is c1ccc2c(C3CNCCN3)onc2c1. The highest BCUT2D eigenvalue weighted by molar-refractivity contribution is 5.80. The van der Waals surface area contributed by atoms with Gasteiger partial charge in [-0.2, -0.15) is 0 Å². The zero-order valence-electron chi connectivity index (χ0n) is 8.36. The maximum Gasteiger partial charge on any atom is 0.162 e. The molecule has 4 heteroatoms. The molecule has 1 atom stereocenters. The highest BCUT2D eigenvalue weighted by Gasteiger charge is 2.20. The van der Waals surface area contributed by atoms with Gasteiger partial charge in [-0.25, -0.2) is 0 Å². The van der Waals surface area contributed by atoms with Crippen LogP contribution in [0.1, 0.15) is 11.8 Å². The summed E-state index contributed by atoms with van der Waals surface area (Å²) in [5, 5.41) is 11.9. The molecule has 0 amide bonds. The Morgan fingerprint density at radius 2 is 2.20 bits per heavy atom. The number of benzene rings is 1. The van der Waals surface area contributed by atoms with E-state index in [1.807, 2.05) is 18.2 Å². The molecule has 2 aromatic rings. The molecule has 1 aromatic carbocycles. The first-order valence-electron chi connectivity index (χ1n) is 5.23. The van der Waals surface area contributed by atoms with Crippen LogP contribution in [-0.2, 0) is 0 Å². The zero-order chi connectivity index (χ0) is 10.1. The minimum Gasteiger partial charge on any atom is -0.358 e. The fourth-order valence-corrected chi connectivity index (χ4v) is 2.00. The van der Waals surface area contributed by atoms with E-state index in [1.54, 1.807) is 0 Å². The van der Waals surface area contributed by atoms with Crippen molar-refractivity contribution in [2.45, 2.75) is 6.04 Å². The molecule has 78 valence electrons. The molecule has 1 fully saturated rings. The molecule has 0 aliphatic carbocycles. The van der Waals surface area contributed by atoms with Crippen molar-refractivity contribution in [3.05, 3.63) is 30.0 Å². The average molecular weight is 203 g/mol. The molecule has 1 saturated heterocycles. The number of nitrogens with one attached hydrogen (secondary N) is 2. The normalized spacial score (nSPS) is 22.0. The number of aromatic nitrogens is 1. The smallest absolute Gasteiger partial charge is 0.162 e. The Morgan fingerprint density at radius 3 is 3.07 bits per heavy atom. The van der Waals surface area contributed by atoms with Gasteiger partial charge in [0.15, 0.2) is 5.76 Å². The van der Waals surface area contributed by atoms with Crippen LogP contribution in [0.4, 0.5) is 0 Å². The van der Waals surface area contributed by atoms with Crippen LogP contribution in [0.5, 0.6) is 0 Å². The van der Waals surface area contributed by atoms with Gasteiger partial charge in [0.25, 0.3) is 0 Å². The topological polar surface area (TPSA) is 50.1 Å². The maximum atomic E-state index is 5.40. The predicted octanol–water partition coefficient (Wildman–Crippen LogP) is 1.06. The summed E-state index contributed by atoms with van der Waals surface area (Å²) in [5.74, 6) is 0.942. The highest BCUT2D eigenvalue weighted by atomic mass is 16.5. The molecule has 1 unspecified atom stereocenters. The van der Waals surface area contributed by atoms with Gasteiger partial charge in [0.1, 0.15) is 5.52 Å². The number of piperazine rings is 1. The summed E-state index contributed by atoms with van der Waals surface area (Å²) in [6, 6.07) is 8.25. The summed E-state index contributed by atoms with van der Waals surface area (Å²) >= 11 is 0. The third kappa shape index (κ3) is 1.52. The fourth-order valence-electron chi connectivity index (χ4n) is 2.00. The monoisotopic (exact) mass is 203 g/mol. The molecule has 1 aliphatic heterocycles. The van der Waals surface area contributed by atoms with Crippen molar-refractivity contribution in [1.29, 1.82) is 0 Å². The molecular formula is C11H13N3O. The second-order valence-corrected chi connectivity index (χ2v) is 3.77. The molecule has 1 aliphatic rings. The third-order valence-electron chi connectivity index (χ3n) is 2.77. The number of hydrogen-bond acceptors (Lipinski definition) is 4. The van der Waals surface area contributed by atoms with Gasteiger partial charge in [0, 0.05) is 25.0 Å². The van der Waals surface area contributed by atoms with Crippen LogP contribution < -0.4 is 10.6 Å². The fraction of sp³-hybridized carbons (Fsp3) is 0.364. The van der Waals surface area contributed by atoms with Crippen LogP contribution in [0.2, 0.25) is 0 Å². The van der Waals surface area contributed by atoms with Crippen LogP contribution in [0.3, 0.4) is 0 Å². The summed E-state index contributed by atoms with van der Waals surface area (Å²) in [5.41, 5.74) is 0.930. The van der Waals surface area contributed by atoms with Crippen LogP contribution in [0.25, 0.3) is 10.9 Å². The summed E-state index contributed by atoms with van der Waals surface area (Å²) in [6.45, 7) is 2.89. The van der Waals surface area contributed by atoms with E-state index in [4.69, 9.17) is 4.52 Å². The molecule has 3 rings (SSSR count). The second-order valence-electron chi connectivity index (χ2n) is 3.77. The standard InChI is InChI=1S/C11H13N3O/c1-2-4-9-8(3-1)11(15-14-9)10-7-12-5-6-13-10/h1-4,10,12-13H,5-7H2. The summed E-state index contributed by atoms with van der Waals surface area (Å²) in [4.78, 5) is 0. The summed E-state index contributed by atoms with van der Waals surface area (Å²) < 4.78 is 5.40. The minimum atomic E-state index is 0.242. The Balaban J connectivity index is 2.02. The van der Waals surface area contributed by atoms with Gasteiger partial charge in [-0.05, 0) is 12.1 Å². The Labute approximate surface area is 87.6 Å². The van der Waals surface area contributed by atoms with Crippen LogP contribution >= 0.6 is 0 Å². The van der Waals surface area contributed by atoms with Gasteiger partial charge in [-0.3, -0.25) is 0 Å². The van der Waals surface area contributed by atoms with Crippen molar-refractivity contribution in [3.63, 3.8) is 0 Å². The molecule has 2 N–H and O–H groups in total. The molecule has 4 nitrogen and oxygen atoms in total. The summed E-state index contributed by atoms with van der Waals surface area (Å²) in [7, 11) is 0. The van der Waals surface area contributed by atoms with E-state index in [0.717, 1.165) is 36.3 Å². The van der Waals surface area contributed by atoms with E-state index in [9.17, 15) is 0 Å². The Kier molecular flexibility index (Phi) is 2.16. The molecule has 2 heterocycles. The quantitative estimate of drug-likeness (QED) is 0.727. The van der Waals surface area contributed by atoms with Crippen molar-refractivity contribution < 1.29 is 4.52 Å². The second kappa shape index (κ2) is 3.64. The first-order chi connectivity index (χ1) is 7.45. The number of fused-ring (bicyclic) bond motifs is 1. The van der Waals surface area contributed by atoms with E-state index in [-0.39, 0.29) is 6.04 Å². The van der Waals surface area contributed by atoms with E-state index in [1.165, 1.54) is 0 Å². The van der Waals surface area contributed by atoms with Crippen LogP contribution in [0.15, 0.2) is 28.8 Å². The lowest BCUT2D eigenvalue weighted by Gasteiger charge is -2.22. The predicted molar refractivity (Wildman–Crippen MR) is 57.6 cm³/mol. The van der Waals surface area contributed by atoms with Crippen molar-refractivity contribution >= 4 is 10.9 Å². The van der Waals surface area contributed by atoms with Gasteiger partial charge in [-0.15, -0.1) is 0 Å². The highest BCUT2D eigenvalue weighted by Crippen LogP contribution is 2.24. The number of hydrogen-bond donors (Lipinski definition) is 2. The lowest BCUT2D eigenvalue weighted by molar-refractivity contribution is 0.319. The molecule has 0 saturated carbocycles. The summed E-state index contributed by atoms with van der Waals surface area (Å²) in [6.07, 6.45) is 0. The van der Waals surface area contributed by atoms with Crippen molar-refractivity contribution in [2.24, 2.45) is 0 Å². The maximum absolute atomic E-state index is 5.40. The Hall–Kier alpha value is -1.39. The molecule has 0 spiro atoms. The zero-order valence-corrected chi connectivity index (χ0v) is 8.36. The van der Waals surface area contributed by atoms with E-state index >= 15 is 0 Å². The Bertz CT molecular complexity index is 460. The van der Waals surface area contributed by atoms with E-state index in [0.29, 0.717) is 0 Å². The van der Waals surface area contributed by atoms with E-state index < -0.39 is 0 Å². The number of nitrogens with zero attached hydrogens (tertiary/aromatic N) is 1. The third-order valence-corrected chi connectivity index (χ3v) is 2.77. The van der Waals surface area contributed by atoms with Crippen molar-refractivity contribution in [2.75, 3.05) is 19.6 Å². The van der Waals surface area contributed by atoms with E-state index in [2.05, 4.69) is 21.9 Å². The Morgan fingerprint density at radius 1 is 1.27 bits per heavy atom. The van der Waals surface area contributed by atoms with Gasteiger partial charge >= 0.3 is 0 Å². The van der Waals surface area contributed by atoms with Gasteiger partial charge < -0.3 is 15.2 Å². The lowest BCUT2D eigenvalue weighted by Crippen LogP contribution is -2.42. The van der Waals surface area contributed by atoms with Gasteiger partial charge in [0.05, 0.1) is 6.04 Å². The number of rotatable bonds is 1. The van der Waals surface area contributed by atoms with Crippen molar-refractivity contribution in [1.82, 2.24) is 15.8 Å². The van der Waals surface area contributed by atoms with Crippen molar-refractivity contribution in [3.8, 4) is 0 Å². The van der Waals surface area contributed by atoms with Gasteiger partial charge in [0.2, 0.25) is 0 Å². The molecular weight excluding hydrogens is 190 g/mol. The lowest BCUT2D eigenvalue weighted by atomic mass is 10.1. The molecule has 1 aromatic heterocycles. The largest absolute Gasteiger partial charge is 0.358 e. The molecule has 15 heavy (non-hydrogen) atoms. The first kappa shape index (κ1) is 8.88. The average Bonchev–Trinajstić information content (AvgIpc) is 2.74. The van der Waals surface area contributed by atoms with Crippen LogP contribution in [0, 0.1) is 0 Å². The minimum absolute atomic E-state index is 0.242. The van der Waals surface area contributed by atoms with Gasteiger partial charge in [-0.1, -0.05) is 17.3 Å². The van der Waals surface area contributed by atoms with Crippen LogP contribution in [-0.4, -0.2) is 24.8 Å². The molecule has 0 radical (unpaired) electrons. The molecule has 0 bridgehead atoms.